The summed E-state index contributed by atoms with van der Waals surface area (Å²) in [5.74, 6) is 0.0128. The van der Waals surface area contributed by atoms with Crippen LogP contribution in [0.3, 0.4) is 0 Å². The largest absolute Gasteiger partial charge is 0.291 e. The van der Waals surface area contributed by atoms with Crippen LogP contribution in [0.15, 0.2) is 81.1 Å². The van der Waals surface area contributed by atoms with Crippen molar-refractivity contribution in [3.05, 3.63) is 60.7 Å². The average molecular weight is 395 g/mol. The van der Waals surface area contributed by atoms with Crippen LogP contribution in [-0.2, 0) is 0 Å². The summed E-state index contributed by atoms with van der Waals surface area (Å²) in [7, 11) is 0. The number of rotatable bonds is 5. The molecule has 0 bridgehead atoms. The lowest BCUT2D eigenvalue weighted by atomic mass is 9.97. The monoisotopic (exact) mass is 394 g/mol. The molecule has 2 atom stereocenters. The summed E-state index contributed by atoms with van der Waals surface area (Å²) in [6.45, 7) is 2.12. The van der Waals surface area contributed by atoms with Crippen molar-refractivity contribution in [3.8, 4) is 0 Å². The van der Waals surface area contributed by atoms with E-state index in [0.29, 0.717) is 10.2 Å². The van der Waals surface area contributed by atoms with Gasteiger partial charge in [-0.2, -0.15) is 10.2 Å². The van der Waals surface area contributed by atoms with E-state index in [1.165, 1.54) is 0 Å². The number of azo groups is 2. The van der Waals surface area contributed by atoms with Gasteiger partial charge in [-0.1, -0.05) is 43.3 Å². The Morgan fingerprint density at radius 1 is 0.778 bits per heavy atom. The molecule has 0 radical (unpaired) electrons. The average Bonchev–Trinajstić information content (AvgIpc) is 3.27. The first-order valence-electron chi connectivity index (χ1n) is 8.79. The molecule has 8 heteroatoms. The van der Waals surface area contributed by atoms with Gasteiger partial charge in [-0.25, -0.2) is 0 Å². The molecule has 2 aliphatic rings. The Hall–Kier alpha value is -2.58. The third-order valence-corrected chi connectivity index (χ3v) is 5.33. The summed E-state index contributed by atoms with van der Waals surface area (Å²) in [6, 6.07) is 19.9. The Bertz CT molecular complexity index is 825. The maximum Gasteiger partial charge on any atom is 0.222 e. The van der Waals surface area contributed by atoms with Crippen molar-refractivity contribution in [2.75, 3.05) is 9.80 Å². The number of hydrogen-bond donors (Lipinski definition) is 0. The van der Waals surface area contributed by atoms with Crippen molar-refractivity contribution in [2.24, 2.45) is 26.4 Å². The van der Waals surface area contributed by atoms with E-state index in [1.54, 1.807) is 0 Å². The van der Waals surface area contributed by atoms with Gasteiger partial charge in [0.1, 0.15) is 0 Å². The third kappa shape index (κ3) is 3.26. The highest BCUT2D eigenvalue weighted by molar-refractivity contribution is 7.80. The Morgan fingerprint density at radius 2 is 1.19 bits per heavy atom. The molecule has 2 aliphatic heterocycles. The highest BCUT2D eigenvalue weighted by atomic mass is 32.1. The number of hydrogen-bond acceptors (Lipinski definition) is 4. The number of benzene rings is 2. The Labute approximate surface area is 168 Å². The van der Waals surface area contributed by atoms with E-state index < -0.39 is 0 Å². The SMILES string of the molecule is CCC(C1N=NC(=S)N1c1ccccc1)C1N=NC(=S)N1c1ccccc1. The summed E-state index contributed by atoms with van der Waals surface area (Å²) in [5, 5.41) is 18.3. The molecule has 0 amide bonds. The molecular weight excluding hydrogens is 376 g/mol. The van der Waals surface area contributed by atoms with Gasteiger partial charge in [0.15, 0.2) is 12.3 Å². The van der Waals surface area contributed by atoms with Gasteiger partial charge in [0, 0.05) is 17.3 Å². The number of para-hydroxylation sites is 2. The standard InChI is InChI=1S/C19H18N6S2/c1-2-15(16-20-22-18(26)24(16)13-9-5-3-6-10-13)17-21-23-19(27)25(17)14-11-7-4-8-12-14/h3-12,15-17H,2H2,1H3. The fraction of sp³-hybridized carbons (Fsp3) is 0.263. The Balaban J connectivity index is 1.68. The summed E-state index contributed by atoms with van der Waals surface area (Å²) in [6.07, 6.45) is 0.326. The maximum absolute atomic E-state index is 5.46. The van der Waals surface area contributed by atoms with Crippen molar-refractivity contribution in [1.29, 1.82) is 0 Å². The first kappa shape index (κ1) is 17.8. The van der Waals surface area contributed by atoms with E-state index in [1.807, 2.05) is 70.5 Å². The van der Waals surface area contributed by atoms with Crippen LogP contribution in [0.4, 0.5) is 11.4 Å². The molecule has 0 fully saturated rings. The van der Waals surface area contributed by atoms with Crippen molar-refractivity contribution in [1.82, 2.24) is 0 Å². The minimum atomic E-state index is -0.249. The van der Waals surface area contributed by atoms with E-state index in [9.17, 15) is 0 Å². The van der Waals surface area contributed by atoms with Crippen LogP contribution in [0.5, 0.6) is 0 Å². The Morgan fingerprint density at radius 3 is 1.56 bits per heavy atom. The van der Waals surface area contributed by atoms with Gasteiger partial charge in [0.25, 0.3) is 0 Å². The van der Waals surface area contributed by atoms with Crippen LogP contribution in [0.25, 0.3) is 0 Å². The van der Waals surface area contributed by atoms with Gasteiger partial charge in [0.05, 0.1) is 0 Å². The molecule has 0 aromatic heterocycles. The molecule has 2 heterocycles. The van der Waals surface area contributed by atoms with E-state index in [4.69, 9.17) is 24.4 Å². The first-order chi connectivity index (χ1) is 13.2. The molecule has 27 heavy (non-hydrogen) atoms. The highest BCUT2D eigenvalue weighted by Gasteiger charge is 2.43. The molecule has 4 rings (SSSR count). The molecule has 0 spiro atoms. The van der Waals surface area contributed by atoms with E-state index in [2.05, 4.69) is 27.4 Å². The molecule has 0 aliphatic carbocycles. The molecular formula is C19H18N6S2. The van der Waals surface area contributed by atoms with E-state index in [-0.39, 0.29) is 18.2 Å². The predicted molar refractivity (Wildman–Crippen MR) is 114 cm³/mol. The second kappa shape index (κ2) is 7.58. The second-order valence-electron chi connectivity index (χ2n) is 6.31. The van der Waals surface area contributed by atoms with Crippen LogP contribution in [0.2, 0.25) is 0 Å². The van der Waals surface area contributed by atoms with Crippen molar-refractivity contribution >= 4 is 46.0 Å². The fourth-order valence-corrected chi connectivity index (χ4v) is 4.00. The van der Waals surface area contributed by atoms with Gasteiger partial charge in [-0.3, -0.25) is 9.80 Å². The minimum absolute atomic E-state index is 0.0128. The van der Waals surface area contributed by atoms with Crippen molar-refractivity contribution in [3.63, 3.8) is 0 Å². The molecule has 2 unspecified atom stereocenters. The smallest absolute Gasteiger partial charge is 0.222 e. The lowest BCUT2D eigenvalue weighted by Crippen LogP contribution is -2.48. The van der Waals surface area contributed by atoms with Crippen molar-refractivity contribution in [2.45, 2.75) is 25.7 Å². The van der Waals surface area contributed by atoms with Gasteiger partial charge < -0.3 is 0 Å². The lowest BCUT2D eigenvalue weighted by Gasteiger charge is -2.34. The topological polar surface area (TPSA) is 55.9 Å². The minimum Gasteiger partial charge on any atom is -0.291 e. The number of thiocarbonyl (C=S) groups is 2. The van der Waals surface area contributed by atoms with Gasteiger partial charge in [-0.15, -0.1) is 10.2 Å². The summed E-state index contributed by atoms with van der Waals surface area (Å²) < 4.78 is 0. The van der Waals surface area contributed by atoms with E-state index >= 15 is 0 Å². The molecule has 2 aromatic rings. The third-order valence-electron chi connectivity index (χ3n) is 4.77. The van der Waals surface area contributed by atoms with Crippen LogP contribution in [0.1, 0.15) is 13.3 Å². The zero-order valence-corrected chi connectivity index (χ0v) is 16.3. The fourth-order valence-electron chi connectivity index (χ4n) is 3.48. The lowest BCUT2D eigenvalue weighted by molar-refractivity contribution is 0.355. The molecule has 6 nitrogen and oxygen atoms in total. The van der Waals surface area contributed by atoms with Crippen LogP contribution < -0.4 is 9.80 Å². The summed E-state index contributed by atoms with van der Waals surface area (Å²) in [4.78, 5) is 3.98. The second-order valence-corrected chi connectivity index (χ2v) is 7.04. The number of anilines is 2. The normalized spacial score (nSPS) is 22.7. The van der Waals surface area contributed by atoms with Crippen LogP contribution >= 0.6 is 24.4 Å². The van der Waals surface area contributed by atoms with Crippen LogP contribution in [-0.4, -0.2) is 22.6 Å². The zero-order valence-electron chi connectivity index (χ0n) is 14.7. The van der Waals surface area contributed by atoms with Gasteiger partial charge >= 0.3 is 0 Å². The molecule has 136 valence electrons. The molecule has 0 saturated heterocycles. The first-order valence-corrected chi connectivity index (χ1v) is 9.60. The molecule has 0 saturated carbocycles. The molecule has 2 aromatic carbocycles. The number of nitrogens with zero attached hydrogens (tertiary/aromatic N) is 6. The van der Waals surface area contributed by atoms with E-state index in [0.717, 1.165) is 17.8 Å². The maximum atomic E-state index is 5.46. The molecule has 0 N–H and O–H groups in total. The Kier molecular flexibility index (Phi) is 5.00. The zero-order chi connectivity index (χ0) is 18.8. The highest BCUT2D eigenvalue weighted by Crippen LogP contribution is 2.36. The van der Waals surface area contributed by atoms with Crippen LogP contribution in [0, 0.1) is 5.92 Å². The van der Waals surface area contributed by atoms with Gasteiger partial charge in [0.2, 0.25) is 10.2 Å². The predicted octanol–water partition coefficient (Wildman–Crippen LogP) is 5.18. The van der Waals surface area contributed by atoms with Gasteiger partial charge in [-0.05, 0) is 55.1 Å². The quantitative estimate of drug-likeness (QED) is 0.656. The summed E-state index contributed by atoms with van der Waals surface area (Å²) >= 11 is 10.9. The van der Waals surface area contributed by atoms with Crippen molar-refractivity contribution < 1.29 is 0 Å². The summed E-state index contributed by atoms with van der Waals surface area (Å²) in [5.41, 5.74) is 1.94.